The molecule has 10 heavy (non-hydrogen) atoms. The van der Waals surface area contributed by atoms with E-state index < -0.39 is 0 Å². The normalized spacial score (nSPS) is 19.2. The molecule has 1 aliphatic rings. The summed E-state index contributed by atoms with van der Waals surface area (Å²) in [5.41, 5.74) is 0.231. The van der Waals surface area contributed by atoms with Gasteiger partial charge in [-0.1, -0.05) is 13.8 Å². The molecule has 0 aromatic rings. The Balaban J connectivity index is 0.000000371. The summed E-state index contributed by atoms with van der Waals surface area (Å²) in [5, 5.41) is 3.10. The largest absolute Gasteiger partial charge is 0.377 e. The van der Waals surface area contributed by atoms with Gasteiger partial charge in [-0.25, -0.2) is 0 Å². The summed E-state index contributed by atoms with van der Waals surface area (Å²) < 4.78 is 5.23. The lowest BCUT2D eigenvalue weighted by Gasteiger charge is -2.10. The Bertz CT molecular complexity index is 79.3. The molecule has 1 aliphatic carbocycles. The van der Waals surface area contributed by atoms with Crippen molar-refractivity contribution in [1.29, 1.82) is 0 Å². The van der Waals surface area contributed by atoms with Crippen molar-refractivity contribution in [2.24, 2.45) is 0 Å². The van der Waals surface area contributed by atoms with Crippen LogP contribution in [0.5, 0.6) is 0 Å². The summed E-state index contributed by atoms with van der Waals surface area (Å²) >= 11 is 0. The molecule has 0 aromatic carbocycles. The van der Waals surface area contributed by atoms with Gasteiger partial charge in [-0.05, 0) is 19.9 Å². The molecule has 0 aromatic heterocycles. The minimum atomic E-state index is 0.231. The Morgan fingerprint density at radius 1 is 1.40 bits per heavy atom. The van der Waals surface area contributed by atoms with E-state index in [-0.39, 0.29) is 5.60 Å². The summed E-state index contributed by atoms with van der Waals surface area (Å²) in [5.74, 6) is 0. The lowest BCUT2D eigenvalue weighted by Crippen LogP contribution is -2.26. The van der Waals surface area contributed by atoms with E-state index in [0.717, 1.165) is 6.54 Å². The fourth-order valence-electron chi connectivity index (χ4n) is 0.915. The van der Waals surface area contributed by atoms with Gasteiger partial charge in [0, 0.05) is 13.7 Å². The molecule has 0 saturated heterocycles. The van der Waals surface area contributed by atoms with Crippen molar-refractivity contribution in [2.75, 3.05) is 20.7 Å². The first kappa shape index (κ1) is 9.92. The zero-order chi connectivity index (χ0) is 8.04. The van der Waals surface area contributed by atoms with Crippen LogP contribution in [0.15, 0.2) is 0 Å². The number of rotatable bonds is 3. The van der Waals surface area contributed by atoms with Crippen LogP contribution >= 0.6 is 0 Å². The summed E-state index contributed by atoms with van der Waals surface area (Å²) in [4.78, 5) is 0. The van der Waals surface area contributed by atoms with E-state index in [0.29, 0.717) is 0 Å². The van der Waals surface area contributed by atoms with Crippen LogP contribution in [0, 0.1) is 0 Å². The number of methoxy groups -OCH3 is 1. The Morgan fingerprint density at radius 2 is 1.90 bits per heavy atom. The van der Waals surface area contributed by atoms with Crippen LogP contribution in [0.3, 0.4) is 0 Å². The number of likely N-dealkylation sites (N-methyl/N-ethyl adjacent to an activating group) is 1. The fourth-order valence-corrected chi connectivity index (χ4v) is 0.915. The topological polar surface area (TPSA) is 21.3 Å². The highest BCUT2D eigenvalue weighted by Crippen LogP contribution is 2.37. The second kappa shape index (κ2) is 4.69. The van der Waals surface area contributed by atoms with E-state index >= 15 is 0 Å². The summed E-state index contributed by atoms with van der Waals surface area (Å²) in [6, 6.07) is 0. The van der Waals surface area contributed by atoms with E-state index in [2.05, 4.69) is 5.32 Å². The first-order chi connectivity index (χ1) is 4.83. The molecule has 0 amide bonds. The van der Waals surface area contributed by atoms with Gasteiger partial charge in [-0.15, -0.1) is 0 Å². The zero-order valence-electron chi connectivity index (χ0n) is 7.53. The fraction of sp³-hybridized carbons (Fsp3) is 1.00. The highest BCUT2D eigenvalue weighted by molar-refractivity contribution is 4.96. The predicted octanol–water partition coefficient (Wildman–Crippen LogP) is 1.41. The van der Waals surface area contributed by atoms with Gasteiger partial charge in [0.05, 0.1) is 5.60 Å². The minimum Gasteiger partial charge on any atom is -0.377 e. The van der Waals surface area contributed by atoms with Gasteiger partial charge >= 0.3 is 0 Å². The summed E-state index contributed by atoms with van der Waals surface area (Å²) in [6.45, 7) is 5.00. The van der Waals surface area contributed by atoms with Gasteiger partial charge < -0.3 is 10.1 Å². The van der Waals surface area contributed by atoms with Gasteiger partial charge in [0.25, 0.3) is 0 Å². The second-order valence-corrected chi connectivity index (χ2v) is 2.42. The highest BCUT2D eigenvalue weighted by Gasteiger charge is 2.41. The molecular weight excluding hydrogens is 126 g/mol. The third-order valence-corrected chi connectivity index (χ3v) is 1.74. The number of ether oxygens (including phenoxy) is 1. The minimum absolute atomic E-state index is 0.231. The Labute approximate surface area is 64.0 Å². The lowest BCUT2D eigenvalue weighted by atomic mass is 10.3. The van der Waals surface area contributed by atoms with Gasteiger partial charge in [0.2, 0.25) is 0 Å². The molecule has 0 spiro atoms. The molecular formula is C8H19NO. The number of hydrogen-bond donors (Lipinski definition) is 1. The van der Waals surface area contributed by atoms with E-state index in [1.807, 2.05) is 20.9 Å². The molecule has 0 atom stereocenters. The van der Waals surface area contributed by atoms with Crippen LogP contribution in [0.2, 0.25) is 0 Å². The molecule has 0 heterocycles. The standard InChI is InChI=1S/C6H13NO.C2H6/c1-7-5-6(8-2)3-4-6;1-2/h7H,3-5H2,1-2H3;1-2H3. The van der Waals surface area contributed by atoms with E-state index in [1.165, 1.54) is 12.8 Å². The first-order valence-corrected chi connectivity index (χ1v) is 4.03. The van der Waals surface area contributed by atoms with Crippen molar-refractivity contribution in [2.45, 2.75) is 32.3 Å². The van der Waals surface area contributed by atoms with Crippen LogP contribution in [-0.2, 0) is 4.74 Å². The van der Waals surface area contributed by atoms with Crippen LogP contribution in [0.1, 0.15) is 26.7 Å². The van der Waals surface area contributed by atoms with E-state index in [1.54, 1.807) is 7.11 Å². The van der Waals surface area contributed by atoms with Crippen LogP contribution in [0.4, 0.5) is 0 Å². The lowest BCUT2D eigenvalue weighted by molar-refractivity contribution is 0.0817. The van der Waals surface area contributed by atoms with Crippen LogP contribution in [0.25, 0.3) is 0 Å². The van der Waals surface area contributed by atoms with Crippen molar-refractivity contribution in [1.82, 2.24) is 5.32 Å². The van der Waals surface area contributed by atoms with Gasteiger partial charge in [0.1, 0.15) is 0 Å². The third kappa shape index (κ3) is 2.67. The molecule has 0 unspecified atom stereocenters. The zero-order valence-corrected chi connectivity index (χ0v) is 7.53. The predicted molar refractivity (Wildman–Crippen MR) is 44.2 cm³/mol. The summed E-state index contributed by atoms with van der Waals surface area (Å²) in [6.07, 6.45) is 2.45. The first-order valence-electron chi connectivity index (χ1n) is 4.03. The van der Waals surface area contributed by atoms with Crippen LogP contribution in [-0.4, -0.2) is 26.3 Å². The van der Waals surface area contributed by atoms with Crippen molar-refractivity contribution < 1.29 is 4.74 Å². The molecule has 1 N–H and O–H groups in total. The smallest absolute Gasteiger partial charge is 0.0804 e. The number of hydrogen-bond acceptors (Lipinski definition) is 2. The van der Waals surface area contributed by atoms with Gasteiger partial charge in [0.15, 0.2) is 0 Å². The third-order valence-electron chi connectivity index (χ3n) is 1.74. The van der Waals surface area contributed by atoms with Crippen LogP contribution < -0.4 is 5.32 Å². The Hall–Kier alpha value is -0.0800. The molecule has 0 bridgehead atoms. The maximum Gasteiger partial charge on any atom is 0.0804 e. The SMILES string of the molecule is CC.CNCC1(OC)CC1. The van der Waals surface area contributed by atoms with Crippen molar-refractivity contribution in [3.8, 4) is 0 Å². The van der Waals surface area contributed by atoms with E-state index in [4.69, 9.17) is 4.74 Å². The monoisotopic (exact) mass is 145 g/mol. The van der Waals surface area contributed by atoms with Crippen molar-refractivity contribution in [3.05, 3.63) is 0 Å². The Kier molecular flexibility index (Phi) is 4.65. The quantitative estimate of drug-likeness (QED) is 0.648. The summed E-state index contributed by atoms with van der Waals surface area (Å²) in [7, 11) is 3.74. The maximum atomic E-state index is 5.23. The maximum absolute atomic E-state index is 5.23. The average molecular weight is 145 g/mol. The second-order valence-electron chi connectivity index (χ2n) is 2.42. The van der Waals surface area contributed by atoms with Crippen molar-refractivity contribution in [3.63, 3.8) is 0 Å². The van der Waals surface area contributed by atoms with Crippen molar-refractivity contribution >= 4 is 0 Å². The molecule has 2 nitrogen and oxygen atoms in total. The molecule has 1 fully saturated rings. The Morgan fingerprint density at radius 3 is 2.00 bits per heavy atom. The molecule has 1 saturated carbocycles. The average Bonchev–Trinajstić information content (AvgIpc) is 2.75. The molecule has 62 valence electrons. The van der Waals surface area contributed by atoms with Gasteiger partial charge in [-0.3, -0.25) is 0 Å². The molecule has 2 heteroatoms. The molecule has 1 rings (SSSR count). The molecule has 0 radical (unpaired) electrons. The van der Waals surface area contributed by atoms with Gasteiger partial charge in [-0.2, -0.15) is 0 Å². The number of nitrogens with one attached hydrogen (secondary N) is 1. The van der Waals surface area contributed by atoms with E-state index in [9.17, 15) is 0 Å². The highest BCUT2D eigenvalue weighted by atomic mass is 16.5. The molecule has 0 aliphatic heterocycles.